The first-order valence-corrected chi connectivity index (χ1v) is 7.13. The number of aliphatic hydroxyl groups is 1. The van der Waals surface area contributed by atoms with Crippen molar-refractivity contribution in [2.45, 2.75) is 51.2 Å². The van der Waals surface area contributed by atoms with Gasteiger partial charge in [-0.1, -0.05) is 6.42 Å². The number of methoxy groups -OCH3 is 1. The summed E-state index contributed by atoms with van der Waals surface area (Å²) in [5.41, 5.74) is 0. The first-order chi connectivity index (χ1) is 8.22. The van der Waals surface area contributed by atoms with Gasteiger partial charge in [0.25, 0.3) is 0 Å². The molecule has 3 atom stereocenters. The zero-order valence-corrected chi connectivity index (χ0v) is 11.3. The average Bonchev–Trinajstić information content (AvgIpc) is 3.09. The van der Waals surface area contributed by atoms with Crippen LogP contribution in [0.5, 0.6) is 0 Å². The summed E-state index contributed by atoms with van der Waals surface area (Å²) >= 11 is 0. The topological polar surface area (TPSA) is 32.7 Å². The summed E-state index contributed by atoms with van der Waals surface area (Å²) < 4.78 is 5.21. The molecule has 1 N–H and O–H groups in total. The van der Waals surface area contributed by atoms with E-state index in [0.29, 0.717) is 12.0 Å². The molecule has 0 aliphatic heterocycles. The Bertz CT molecular complexity index is 230. The summed E-state index contributed by atoms with van der Waals surface area (Å²) in [5, 5.41) is 9.94. The first kappa shape index (κ1) is 13.3. The molecular weight excluding hydrogens is 214 g/mol. The number of ether oxygens (including phenoxy) is 1. The SMILES string of the molecule is COCCN(CC1CCCC1O)C(C)C1CC1. The molecule has 2 saturated carbocycles. The van der Waals surface area contributed by atoms with Crippen molar-refractivity contribution in [3.8, 4) is 0 Å². The molecule has 3 heteroatoms. The Morgan fingerprint density at radius 3 is 2.59 bits per heavy atom. The third-order valence-electron chi connectivity index (χ3n) is 4.55. The van der Waals surface area contributed by atoms with Gasteiger partial charge in [-0.3, -0.25) is 4.90 Å². The van der Waals surface area contributed by atoms with Crippen LogP contribution >= 0.6 is 0 Å². The minimum Gasteiger partial charge on any atom is -0.393 e. The normalized spacial score (nSPS) is 31.1. The van der Waals surface area contributed by atoms with E-state index in [9.17, 15) is 5.11 Å². The van der Waals surface area contributed by atoms with Gasteiger partial charge in [0.1, 0.15) is 0 Å². The molecule has 0 aromatic carbocycles. The van der Waals surface area contributed by atoms with E-state index in [2.05, 4.69) is 11.8 Å². The number of rotatable bonds is 7. The van der Waals surface area contributed by atoms with Gasteiger partial charge in [0.15, 0.2) is 0 Å². The maximum absolute atomic E-state index is 9.94. The summed E-state index contributed by atoms with van der Waals surface area (Å²) in [5.74, 6) is 1.39. The zero-order valence-electron chi connectivity index (χ0n) is 11.3. The Balaban J connectivity index is 1.84. The van der Waals surface area contributed by atoms with Gasteiger partial charge in [-0.25, -0.2) is 0 Å². The fourth-order valence-corrected chi connectivity index (χ4v) is 3.08. The fraction of sp³-hybridized carbons (Fsp3) is 1.00. The molecule has 3 unspecified atom stereocenters. The number of hydrogen-bond donors (Lipinski definition) is 1. The molecule has 2 aliphatic rings. The molecule has 3 nitrogen and oxygen atoms in total. The minimum absolute atomic E-state index is 0.0635. The van der Waals surface area contributed by atoms with Crippen molar-refractivity contribution >= 4 is 0 Å². The van der Waals surface area contributed by atoms with Crippen molar-refractivity contribution in [1.82, 2.24) is 4.90 Å². The maximum atomic E-state index is 9.94. The van der Waals surface area contributed by atoms with Crippen molar-refractivity contribution in [3.05, 3.63) is 0 Å². The third kappa shape index (κ3) is 3.67. The predicted octanol–water partition coefficient (Wildman–Crippen LogP) is 1.89. The van der Waals surface area contributed by atoms with Gasteiger partial charge >= 0.3 is 0 Å². The molecule has 0 aromatic rings. The predicted molar refractivity (Wildman–Crippen MR) is 69.0 cm³/mol. The number of hydrogen-bond acceptors (Lipinski definition) is 3. The quantitative estimate of drug-likeness (QED) is 0.739. The molecule has 2 fully saturated rings. The lowest BCUT2D eigenvalue weighted by molar-refractivity contribution is 0.0650. The van der Waals surface area contributed by atoms with Gasteiger partial charge in [0, 0.05) is 26.2 Å². The second-order valence-electron chi connectivity index (χ2n) is 5.82. The van der Waals surface area contributed by atoms with Crippen LogP contribution in [0.3, 0.4) is 0 Å². The summed E-state index contributed by atoms with van der Waals surface area (Å²) in [7, 11) is 1.77. The van der Waals surface area contributed by atoms with Crippen LogP contribution in [0.4, 0.5) is 0 Å². The van der Waals surface area contributed by atoms with Gasteiger partial charge in [0.2, 0.25) is 0 Å². The highest BCUT2D eigenvalue weighted by molar-refractivity contribution is 4.88. The highest BCUT2D eigenvalue weighted by atomic mass is 16.5. The van der Waals surface area contributed by atoms with Crippen LogP contribution in [-0.4, -0.2) is 49.0 Å². The van der Waals surface area contributed by atoms with Crippen LogP contribution in [0.25, 0.3) is 0 Å². The number of nitrogens with zero attached hydrogens (tertiary/aromatic N) is 1. The largest absolute Gasteiger partial charge is 0.393 e. The molecular formula is C14H27NO2. The van der Waals surface area contributed by atoms with E-state index in [4.69, 9.17) is 4.74 Å². The molecule has 17 heavy (non-hydrogen) atoms. The van der Waals surface area contributed by atoms with Crippen LogP contribution in [0.1, 0.15) is 39.0 Å². The third-order valence-corrected chi connectivity index (χ3v) is 4.55. The molecule has 0 bridgehead atoms. The minimum atomic E-state index is -0.0635. The van der Waals surface area contributed by atoms with Crippen molar-refractivity contribution < 1.29 is 9.84 Å². The van der Waals surface area contributed by atoms with Gasteiger partial charge in [-0.2, -0.15) is 0 Å². The van der Waals surface area contributed by atoms with Gasteiger partial charge in [-0.15, -0.1) is 0 Å². The Hall–Kier alpha value is -0.120. The van der Waals surface area contributed by atoms with E-state index in [0.717, 1.165) is 32.0 Å². The van der Waals surface area contributed by atoms with Crippen LogP contribution in [0.15, 0.2) is 0 Å². The summed E-state index contributed by atoms with van der Waals surface area (Å²) in [6, 6.07) is 0.665. The van der Waals surface area contributed by atoms with E-state index in [1.807, 2.05) is 0 Å². The molecule has 0 aromatic heterocycles. The smallest absolute Gasteiger partial charge is 0.0589 e. The lowest BCUT2D eigenvalue weighted by Crippen LogP contribution is -2.41. The molecule has 0 amide bonds. The Morgan fingerprint density at radius 1 is 1.29 bits per heavy atom. The van der Waals surface area contributed by atoms with Crippen molar-refractivity contribution in [2.24, 2.45) is 11.8 Å². The second-order valence-corrected chi connectivity index (χ2v) is 5.82. The highest BCUT2D eigenvalue weighted by Gasteiger charge is 2.34. The highest BCUT2D eigenvalue weighted by Crippen LogP contribution is 2.36. The van der Waals surface area contributed by atoms with Crippen molar-refractivity contribution in [2.75, 3.05) is 26.8 Å². The second kappa shape index (κ2) is 6.17. The maximum Gasteiger partial charge on any atom is 0.0589 e. The van der Waals surface area contributed by atoms with Gasteiger partial charge < -0.3 is 9.84 Å². The molecule has 100 valence electrons. The standard InChI is InChI=1S/C14H27NO2/c1-11(12-6-7-12)15(8-9-17-2)10-13-4-3-5-14(13)16/h11-14,16H,3-10H2,1-2H3. The van der Waals surface area contributed by atoms with Crippen LogP contribution in [0, 0.1) is 11.8 Å². The molecule has 0 heterocycles. The average molecular weight is 241 g/mol. The van der Waals surface area contributed by atoms with E-state index < -0.39 is 0 Å². The summed E-state index contributed by atoms with van der Waals surface area (Å²) in [6.45, 7) is 5.22. The Labute approximate surface area is 105 Å². The van der Waals surface area contributed by atoms with Gasteiger partial charge in [0.05, 0.1) is 12.7 Å². The first-order valence-electron chi connectivity index (χ1n) is 7.13. The lowest BCUT2D eigenvalue weighted by Gasteiger charge is -2.32. The van der Waals surface area contributed by atoms with E-state index in [1.165, 1.54) is 25.7 Å². The lowest BCUT2D eigenvalue weighted by atomic mass is 10.0. The van der Waals surface area contributed by atoms with Crippen molar-refractivity contribution in [1.29, 1.82) is 0 Å². The molecule has 0 saturated heterocycles. The van der Waals surface area contributed by atoms with Gasteiger partial charge in [-0.05, 0) is 44.4 Å². The van der Waals surface area contributed by atoms with E-state index in [1.54, 1.807) is 7.11 Å². The monoisotopic (exact) mass is 241 g/mol. The molecule has 0 spiro atoms. The molecule has 2 aliphatic carbocycles. The van der Waals surface area contributed by atoms with E-state index in [-0.39, 0.29) is 6.10 Å². The molecule has 0 radical (unpaired) electrons. The fourth-order valence-electron chi connectivity index (χ4n) is 3.08. The zero-order chi connectivity index (χ0) is 12.3. The van der Waals surface area contributed by atoms with Crippen LogP contribution < -0.4 is 0 Å². The molecule has 2 rings (SSSR count). The number of aliphatic hydroxyl groups excluding tert-OH is 1. The van der Waals surface area contributed by atoms with E-state index >= 15 is 0 Å². The summed E-state index contributed by atoms with van der Waals surface area (Å²) in [6.07, 6.45) is 6.10. The van der Waals surface area contributed by atoms with Crippen LogP contribution in [0.2, 0.25) is 0 Å². The Morgan fingerprint density at radius 2 is 2.06 bits per heavy atom. The summed E-state index contributed by atoms with van der Waals surface area (Å²) in [4.78, 5) is 2.54. The van der Waals surface area contributed by atoms with Crippen molar-refractivity contribution in [3.63, 3.8) is 0 Å². The Kier molecular flexibility index (Phi) is 4.83. The van der Waals surface area contributed by atoms with Crippen LogP contribution in [-0.2, 0) is 4.74 Å².